The molecule has 1 unspecified atom stereocenters. The van der Waals surface area contributed by atoms with E-state index in [1.165, 1.54) is 74.8 Å². The maximum Gasteiger partial charge on any atom is 0.0751 e. The number of benzene rings is 7. The number of hydrogen-bond donors (Lipinski definition) is 0. The Labute approximate surface area is 310 Å². The number of para-hydroxylation sites is 2. The van der Waals surface area contributed by atoms with Crippen LogP contribution in [-0.4, -0.2) is 9.55 Å². The van der Waals surface area contributed by atoms with E-state index in [9.17, 15) is 0 Å². The summed E-state index contributed by atoms with van der Waals surface area (Å²) in [6, 6.07) is 64.8. The van der Waals surface area contributed by atoms with E-state index in [2.05, 4.69) is 174 Å². The molecule has 2 nitrogen and oxygen atoms in total. The Balaban J connectivity index is 1.27. The van der Waals surface area contributed by atoms with Gasteiger partial charge in [-0.3, -0.25) is 4.98 Å². The molecule has 0 N–H and O–H groups in total. The quantitative estimate of drug-likeness (QED) is 0.183. The molecule has 244 valence electrons. The fraction of sp³-hybridized carbons (Fsp3) is 0.0208. The van der Waals surface area contributed by atoms with Crippen LogP contribution in [0.25, 0.3) is 49.9 Å². The molecule has 52 heavy (non-hydrogen) atoms. The van der Waals surface area contributed by atoms with Gasteiger partial charge < -0.3 is 4.57 Å². The number of fused-ring (bicyclic) bond motifs is 11. The average Bonchev–Trinajstić information content (AvgIpc) is 3.56. The summed E-state index contributed by atoms with van der Waals surface area (Å²) < 4.78 is 2.42. The van der Waals surface area contributed by atoms with E-state index < -0.39 is 5.41 Å². The van der Waals surface area contributed by atoms with Crippen LogP contribution in [0.4, 0.5) is 0 Å². The number of rotatable bonds is 3. The maximum absolute atomic E-state index is 4.73. The van der Waals surface area contributed by atoms with Crippen LogP contribution in [-0.2, 0) is 5.41 Å². The van der Waals surface area contributed by atoms with E-state index in [4.69, 9.17) is 4.98 Å². The SMILES string of the molecule is c1ccc(-n2c3ccccc3c3c(-c4cccc5c4C4(c6ccccc6Sc6cc(-c7ccccn7)ccc64)c4ccccc4S5)cccc32)cc1. The van der Waals surface area contributed by atoms with E-state index in [0.717, 1.165) is 16.9 Å². The molecule has 11 rings (SSSR count). The predicted octanol–water partition coefficient (Wildman–Crippen LogP) is 12.8. The van der Waals surface area contributed by atoms with Gasteiger partial charge >= 0.3 is 0 Å². The van der Waals surface area contributed by atoms with E-state index in [1.54, 1.807) is 0 Å². The summed E-state index contributed by atoms with van der Waals surface area (Å²) in [5, 5.41) is 2.53. The molecule has 4 heterocycles. The van der Waals surface area contributed by atoms with Crippen LogP contribution < -0.4 is 0 Å². The smallest absolute Gasteiger partial charge is 0.0751 e. The van der Waals surface area contributed by atoms with Crippen LogP contribution in [0.3, 0.4) is 0 Å². The minimum Gasteiger partial charge on any atom is -0.309 e. The third-order valence-electron chi connectivity index (χ3n) is 10.8. The molecule has 2 aromatic heterocycles. The third-order valence-corrected chi connectivity index (χ3v) is 13.0. The molecule has 7 aromatic carbocycles. The van der Waals surface area contributed by atoms with Gasteiger partial charge in [0.15, 0.2) is 0 Å². The predicted molar refractivity (Wildman–Crippen MR) is 216 cm³/mol. The molecule has 0 saturated heterocycles. The summed E-state index contributed by atoms with van der Waals surface area (Å²) >= 11 is 3.77. The van der Waals surface area contributed by atoms with Crippen LogP contribution in [0.2, 0.25) is 0 Å². The van der Waals surface area contributed by atoms with Gasteiger partial charge in [-0.25, -0.2) is 0 Å². The van der Waals surface area contributed by atoms with Crippen LogP contribution in [0.5, 0.6) is 0 Å². The Hall–Kier alpha value is -5.81. The van der Waals surface area contributed by atoms with Crippen molar-refractivity contribution in [2.24, 2.45) is 0 Å². The van der Waals surface area contributed by atoms with Gasteiger partial charge in [-0.15, -0.1) is 0 Å². The Kier molecular flexibility index (Phi) is 6.67. The van der Waals surface area contributed by atoms with Crippen molar-refractivity contribution in [2.45, 2.75) is 25.0 Å². The molecule has 0 fully saturated rings. The summed E-state index contributed by atoms with van der Waals surface area (Å²) in [5.41, 5.74) is 13.0. The lowest BCUT2D eigenvalue weighted by Gasteiger charge is -2.46. The minimum atomic E-state index is -0.548. The first-order valence-corrected chi connectivity index (χ1v) is 19.3. The molecule has 9 aromatic rings. The molecular formula is C48H30N2S2. The maximum atomic E-state index is 4.73. The Morgan fingerprint density at radius 1 is 0.462 bits per heavy atom. The lowest BCUT2D eigenvalue weighted by Crippen LogP contribution is -2.37. The van der Waals surface area contributed by atoms with E-state index >= 15 is 0 Å². The lowest BCUT2D eigenvalue weighted by atomic mass is 9.62. The van der Waals surface area contributed by atoms with Gasteiger partial charge in [0.2, 0.25) is 0 Å². The molecule has 2 aliphatic heterocycles. The van der Waals surface area contributed by atoms with Crippen molar-refractivity contribution in [3.63, 3.8) is 0 Å². The van der Waals surface area contributed by atoms with Crippen molar-refractivity contribution in [2.75, 3.05) is 0 Å². The highest BCUT2D eigenvalue weighted by atomic mass is 32.2. The summed E-state index contributed by atoms with van der Waals surface area (Å²) in [6.45, 7) is 0. The van der Waals surface area contributed by atoms with Crippen LogP contribution in [0.1, 0.15) is 22.3 Å². The Morgan fingerprint density at radius 2 is 1.10 bits per heavy atom. The second kappa shape index (κ2) is 11.6. The van der Waals surface area contributed by atoms with E-state index in [-0.39, 0.29) is 0 Å². The number of pyridine rings is 1. The largest absolute Gasteiger partial charge is 0.309 e. The second-order valence-corrected chi connectivity index (χ2v) is 15.6. The van der Waals surface area contributed by atoms with Gasteiger partial charge in [0.05, 0.1) is 22.1 Å². The van der Waals surface area contributed by atoms with Crippen molar-refractivity contribution in [3.05, 3.63) is 204 Å². The number of aromatic nitrogens is 2. The third kappa shape index (κ3) is 4.19. The Bertz CT molecular complexity index is 2850. The van der Waals surface area contributed by atoms with Crippen LogP contribution >= 0.6 is 23.5 Å². The normalized spacial score (nSPS) is 15.6. The van der Waals surface area contributed by atoms with Crippen LogP contribution in [0.15, 0.2) is 202 Å². The van der Waals surface area contributed by atoms with Gasteiger partial charge in [0.25, 0.3) is 0 Å². The van der Waals surface area contributed by atoms with Gasteiger partial charge in [-0.05, 0) is 94.0 Å². The van der Waals surface area contributed by atoms with Crippen molar-refractivity contribution in [1.29, 1.82) is 0 Å². The molecule has 0 saturated carbocycles. The topological polar surface area (TPSA) is 17.8 Å². The first-order valence-electron chi connectivity index (χ1n) is 17.6. The minimum absolute atomic E-state index is 0.548. The molecular weight excluding hydrogens is 669 g/mol. The monoisotopic (exact) mass is 698 g/mol. The standard InChI is InChI=1S/C48H30N2S2/c1-2-14-32(15-3-1)50-40-22-7-4-16-35(40)46-33(17-12-23-41(46)50)34-18-13-26-44-47(34)48(36-19-5-8-24-42(36)51-44)37-20-6-9-25-43(37)52-45-30-31(27-28-38(45)48)39-21-10-11-29-49-39/h1-30H. The van der Waals surface area contributed by atoms with Crippen LogP contribution in [0, 0.1) is 0 Å². The highest BCUT2D eigenvalue weighted by Crippen LogP contribution is 2.63. The van der Waals surface area contributed by atoms with Crippen molar-refractivity contribution in [3.8, 4) is 28.1 Å². The van der Waals surface area contributed by atoms with E-state index in [0.29, 0.717) is 0 Å². The molecule has 0 radical (unpaired) electrons. The molecule has 1 atom stereocenters. The van der Waals surface area contributed by atoms with Gasteiger partial charge in [-0.2, -0.15) is 0 Å². The van der Waals surface area contributed by atoms with Gasteiger partial charge in [-0.1, -0.05) is 139 Å². The van der Waals surface area contributed by atoms with E-state index in [1.807, 2.05) is 35.8 Å². The fourth-order valence-corrected chi connectivity index (χ4v) is 11.2. The zero-order valence-electron chi connectivity index (χ0n) is 28.0. The summed E-state index contributed by atoms with van der Waals surface area (Å²) in [6.07, 6.45) is 1.88. The summed E-state index contributed by atoms with van der Waals surface area (Å²) in [4.78, 5) is 9.88. The molecule has 0 bridgehead atoms. The highest BCUT2D eigenvalue weighted by molar-refractivity contribution is 8.00. The first kappa shape index (κ1) is 29.9. The van der Waals surface area contributed by atoms with Gasteiger partial charge in [0, 0.05) is 47.8 Å². The average molecular weight is 699 g/mol. The molecule has 2 aliphatic rings. The fourth-order valence-electron chi connectivity index (χ4n) is 8.74. The first-order chi connectivity index (χ1) is 25.8. The van der Waals surface area contributed by atoms with Crippen molar-refractivity contribution < 1.29 is 0 Å². The zero-order valence-corrected chi connectivity index (χ0v) is 29.7. The van der Waals surface area contributed by atoms with Crippen molar-refractivity contribution >= 4 is 45.3 Å². The lowest BCUT2D eigenvalue weighted by molar-refractivity contribution is 0.669. The summed E-state index contributed by atoms with van der Waals surface area (Å²) in [5.74, 6) is 0. The summed E-state index contributed by atoms with van der Waals surface area (Å²) in [7, 11) is 0. The van der Waals surface area contributed by atoms with Crippen molar-refractivity contribution in [1.82, 2.24) is 9.55 Å². The molecule has 0 amide bonds. The van der Waals surface area contributed by atoms with Gasteiger partial charge in [0.1, 0.15) is 0 Å². The molecule has 4 heteroatoms. The Morgan fingerprint density at radius 3 is 1.90 bits per heavy atom. The molecule has 1 spiro atoms. The second-order valence-electron chi connectivity index (χ2n) is 13.4. The number of nitrogens with zero attached hydrogens (tertiary/aromatic N) is 2. The highest BCUT2D eigenvalue weighted by Gasteiger charge is 2.50. The molecule has 0 aliphatic carbocycles. The number of hydrogen-bond acceptors (Lipinski definition) is 3. The zero-order chi connectivity index (χ0) is 34.2.